The van der Waals surface area contributed by atoms with Gasteiger partial charge in [-0.15, -0.1) is 0 Å². The van der Waals surface area contributed by atoms with Gasteiger partial charge in [0.25, 0.3) is 0 Å². The SMILES string of the molecule is CC.CCC1(C(C)C)CC=CC1. The van der Waals surface area contributed by atoms with Crippen LogP contribution in [0.4, 0.5) is 0 Å². The maximum atomic E-state index is 2.34. The second-order valence-corrected chi connectivity index (χ2v) is 3.75. The Bertz CT molecular complexity index is 123. The molecule has 0 N–H and O–H groups in total. The van der Waals surface area contributed by atoms with Crippen molar-refractivity contribution in [3.8, 4) is 0 Å². The molecule has 0 aromatic heterocycles. The summed E-state index contributed by atoms with van der Waals surface area (Å²) in [6.45, 7) is 11.0. The summed E-state index contributed by atoms with van der Waals surface area (Å²) in [4.78, 5) is 0. The minimum Gasteiger partial charge on any atom is -0.0879 e. The molecule has 0 heterocycles. The molecule has 1 aliphatic carbocycles. The van der Waals surface area contributed by atoms with Crippen molar-refractivity contribution in [3.05, 3.63) is 12.2 Å². The van der Waals surface area contributed by atoms with E-state index in [0.29, 0.717) is 5.41 Å². The normalized spacial score (nSPS) is 19.2. The molecule has 12 heavy (non-hydrogen) atoms. The summed E-state index contributed by atoms with van der Waals surface area (Å²) >= 11 is 0. The predicted octanol–water partition coefficient (Wildman–Crippen LogP) is 4.42. The molecule has 0 fully saturated rings. The van der Waals surface area contributed by atoms with Crippen LogP contribution in [0.25, 0.3) is 0 Å². The van der Waals surface area contributed by atoms with Crippen LogP contribution in [0, 0.1) is 11.3 Å². The molecule has 0 saturated carbocycles. The quantitative estimate of drug-likeness (QED) is 0.536. The van der Waals surface area contributed by atoms with E-state index in [2.05, 4.69) is 32.9 Å². The Labute approximate surface area is 78.1 Å². The van der Waals surface area contributed by atoms with Gasteiger partial charge in [-0.2, -0.15) is 0 Å². The Morgan fingerprint density at radius 3 is 1.75 bits per heavy atom. The molecule has 0 amide bonds. The maximum absolute atomic E-state index is 2.34. The average molecular weight is 168 g/mol. The van der Waals surface area contributed by atoms with Crippen LogP contribution in [0.5, 0.6) is 0 Å². The fourth-order valence-corrected chi connectivity index (χ4v) is 1.89. The lowest BCUT2D eigenvalue weighted by molar-refractivity contribution is 0.198. The number of rotatable bonds is 2. The molecule has 72 valence electrons. The lowest BCUT2D eigenvalue weighted by Gasteiger charge is -2.32. The topological polar surface area (TPSA) is 0 Å². The number of hydrogen-bond donors (Lipinski definition) is 0. The van der Waals surface area contributed by atoms with E-state index in [9.17, 15) is 0 Å². The Kier molecular flexibility index (Phi) is 5.28. The van der Waals surface area contributed by atoms with Gasteiger partial charge in [0.15, 0.2) is 0 Å². The van der Waals surface area contributed by atoms with Crippen molar-refractivity contribution in [3.63, 3.8) is 0 Å². The van der Waals surface area contributed by atoms with Gasteiger partial charge in [-0.3, -0.25) is 0 Å². The molecule has 0 bridgehead atoms. The Morgan fingerprint density at radius 2 is 1.58 bits per heavy atom. The van der Waals surface area contributed by atoms with Gasteiger partial charge in [0, 0.05) is 0 Å². The maximum Gasteiger partial charge on any atom is -0.0208 e. The molecule has 0 aromatic carbocycles. The van der Waals surface area contributed by atoms with Crippen LogP contribution in [0.3, 0.4) is 0 Å². The first-order valence-electron chi connectivity index (χ1n) is 5.36. The van der Waals surface area contributed by atoms with Crippen LogP contribution in [0.1, 0.15) is 53.9 Å². The minimum absolute atomic E-state index is 0.625. The summed E-state index contributed by atoms with van der Waals surface area (Å²) in [6, 6.07) is 0. The van der Waals surface area contributed by atoms with Crippen molar-refractivity contribution in [2.45, 2.75) is 53.9 Å². The zero-order chi connectivity index (χ0) is 9.61. The van der Waals surface area contributed by atoms with Crippen molar-refractivity contribution in [2.24, 2.45) is 11.3 Å². The molecule has 1 aliphatic rings. The van der Waals surface area contributed by atoms with Gasteiger partial charge in [-0.25, -0.2) is 0 Å². The van der Waals surface area contributed by atoms with Gasteiger partial charge in [-0.05, 0) is 30.6 Å². The minimum atomic E-state index is 0.625. The Hall–Kier alpha value is -0.260. The third-order valence-corrected chi connectivity index (χ3v) is 3.14. The van der Waals surface area contributed by atoms with Gasteiger partial charge < -0.3 is 0 Å². The monoisotopic (exact) mass is 168 g/mol. The lowest BCUT2D eigenvalue weighted by atomic mass is 9.73. The van der Waals surface area contributed by atoms with E-state index < -0.39 is 0 Å². The van der Waals surface area contributed by atoms with E-state index >= 15 is 0 Å². The number of hydrogen-bond acceptors (Lipinski definition) is 0. The largest absolute Gasteiger partial charge is 0.0879 e. The van der Waals surface area contributed by atoms with E-state index in [4.69, 9.17) is 0 Å². The standard InChI is InChI=1S/C10H18.C2H6/c1-4-10(9(2)3)7-5-6-8-10;1-2/h5-6,9H,4,7-8H2,1-3H3;1-2H3. The molecule has 0 saturated heterocycles. The smallest absolute Gasteiger partial charge is 0.0208 e. The molecule has 0 aromatic rings. The summed E-state index contributed by atoms with van der Waals surface area (Å²) in [5.41, 5.74) is 0.625. The van der Waals surface area contributed by atoms with Crippen LogP contribution in [-0.4, -0.2) is 0 Å². The van der Waals surface area contributed by atoms with Gasteiger partial charge in [-0.1, -0.05) is 46.8 Å². The predicted molar refractivity (Wildman–Crippen MR) is 57.3 cm³/mol. The second-order valence-electron chi connectivity index (χ2n) is 3.75. The first-order valence-corrected chi connectivity index (χ1v) is 5.36. The van der Waals surface area contributed by atoms with Crippen LogP contribution >= 0.6 is 0 Å². The molecular weight excluding hydrogens is 144 g/mol. The third-order valence-electron chi connectivity index (χ3n) is 3.14. The molecule has 0 spiro atoms. The van der Waals surface area contributed by atoms with Gasteiger partial charge in [0.05, 0.1) is 0 Å². The zero-order valence-electron chi connectivity index (χ0n) is 9.35. The fraction of sp³-hybridized carbons (Fsp3) is 0.833. The molecule has 0 unspecified atom stereocenters. The summed E-state index contributed by atoms with van der Waals surface area (Å²) in [6.07, 6.45) is 8.62. The average Bonchev–Trinajstić information content (AvgIpc) is 2.57. The lowest BCUT2D eigenvalue weighted by Crippen LogP contribution is -2.22. The highest BCUT2D eigenvalue weighted by Gasteiger charge is 2.31. The van der Waals surface area contributed by atoms with Crippen LogP contribution < -0.4 is 0 Å². The molecule has 0 atom stereocenters. The van der Waals surface area contributed by atoms with Gasteiger partial charge in [0.2, 0.25) is 0 Å². The molecule has 0 aliphatic heterocycles. The van der Waals surface area contributed by atoms with E-state index in [1.807, 2.05) is 13.8 Å². The van der Waals surface area contributed by atoms with Gasteiger partial charge in [0.1, 0.15) is 0 Å². The molecule has 0 radical (unpaired) electrons. The first-order chi connectivity index (χ1) is 5.71. The second kappa shape index (κ2) is 5.40. The first kappa shape index (κ1) is 11.7. The highest BCUT2D eigenvalue weighted by molar-refractivity contribution is 5.03. The van der Waals surface area contributed by atoms with Crippen molar-refractivity contribution in [2.75, 3.05) is 0 Å². The summed E-state index contributed by atoms with van der Waals surface area (Å²) in [5.74, 6) is 0.840. The summed E-state index contributed by atoms with van der Waals surface area (Å²) < 4.78 is 0. The van der Waals surface area contributed by atoms with Gasteiger partial charge >= 0.3 is 0 Å². The van der Waals surface area contributed by atoms with E-state index in [1.165, 1.54) is 19.3 Å². The molecule has 1 rings (SSSR count). The Morgan fingerprint density at radius 1 is 1.17 bits per heavy atom. The van der Waals surface area contributed by atoms with E-state index in [0.717, 1.165) is 5.92 Å². The molecule has 0 nitrogen and oxygen atoms in total. The number of allylic oxidation sites excluding steroid dienone is 2. The van der Waals surface area contributed by atoms with Crippen LogP contribution in [0.15, 0.2) is 12.2 Å². The molecule has 0 heteroatoms. The third kappa shape index (κ3) is 2.36. The highest BCUT2D eigenvalue weighted by atomic mass is 14.4. The van der Waals surface area contributed by atoms with Crippen LogP contribution in [0.2, 0.25) is 0 Å². The van der Waals surface area contributed by atoms with E-state index in [1.54, 1.807) is 0 Å². The summed E-state index contributed by atoms with van der Waals surface area (Å²) in [7, 11) is 0. The zero-order valence-corrected chi connectivity index (χ0v) is 9.35. The van der Waals surface area contributed by atoms with Crippen LogP contribution in [-0.2, 0) is 0 Å². The van der Waals surface area contributed by atoms with E-state index in [-0.39, 0.29) is 0 Å². The van der Waals surface area contributed by atoms with Crippen molar-refractivity contribution < 1.29 is 0 Å². The molecular formula is C12H24. The van der Waals surface area contributed by atoms with Crippen molar-refractivity contribution in [1.82, 2.24) is 0 Å². The Balaban J connectivity index is 0.000000561. The highest BCUT2D eigenvalue weighted by Crippen LogP contribution is 2.42. The summed E-state index contributed by atoms with van der Waals surface area (Å²) in [5, 5.41) is 0. The van der Waals surface area contributed by atoms with Crippen molar-refractivity contribution in [1.29, 1.82) is 0 Å². The van der Waals surface area contributed by atoms with Crippen molar-refractivity contribution >= 4 is 0 Å². The fourth-order valence-electron chi connectivity index (χ4n) is 1.89.